The molecule has 0 aliphatic rings. The molecule has 5 heteroatoms. The van der Waals surface area contributed by atoms with E-state index in [2.05, 4.69) is 10.6 Å². The first-order valence-electron chi connectivity index (χ1n) is 6.36. The van der Waals surface area contributed by atoms with Gasteiger partial charge in [-0.05, 0) is 24.6 Å². The monoisotopic (exact) mass is 268 g/mol. The van der Waals surface area contributed by atoms with Crippen molar-refractivity contribution in [3.05, 3.63) is 36.0 Å². The standard InChI is InChI=1S/C15H16N4O/c1-2-3-7-15(20)19-14-6-4-5-13(8-14)18-11-12(9-16)10-17/h4-6,8,11,18H,2-3,7H2,1H3,(H,19,20). The van der Waals surface area contributed by atoms with Crippen LogP contribution in [0.1, 0.15) is 26.2 Å². The van der Waals surface area contributed by atoms with Gasteiger partial charge in [-0.3, -0.25) is 4.79 Å². The van der Waals surface area contributed by atoms with Crippen LogP contribution in [-0.2, 0) is 4.79 Å². The van der Waals surface area contributed by atoms with Gasteiger partial charge in [-0.15, -0.1) is 0 Å². The van der Waals surface area contributed by atoms with E-state index >= 15 is 0 Å². The van der Waals surface area contributed by atoms with Crippen LogP contribution < -0.4 is 10.6 Å². The third-order valence-electron chi connectivity index (χ3n) is 2.53. The largest absolute Gasteiger partial charge is 0.360 e. The summed E-state index contributed by atoms with van der Waals surface area (Å²) in [5.41, 5.74) is 1.36. The van der Waals surface area contributed by atoms with E-state index in [1.54, 1.807) is 36.4 Å². The maximum absolute atomic E-state index is 11.6. The number of hydrogen-bond donors (Lipinski definition) is 2. The molecule has 1 aromatic rings. The lowest BCUT2D eigenvalue weighted by Crippen LogP contribution is -2.10. The highest BCUT2D eigenvalue weighted by Crippen LogP contribution is 2.16. The molecule has 5 nitrogen and oxygen atoms in total. The lowest BCUT2D eigenvalue weighted by Gasteiger charge is -2.07. The van der Waals surface area contributed by atoms with Gasteiger partial charge in [0.05, 0.1) is 0 Å². The molecule has 0 aromatic heterocycles. The zero-order chi connectivity index (χ0) is 14.8. The van der Waals surface area contributed by atoms with E-state index in [0.717, 1.165) is 12.8 Å². The molecule has 0 saturated carbocycles. The predicted molar refractivity (Wildman–Crippen MR) is 77.5 cm³/mol. The number of anilines is 2. The number of unbranched alkanes of at least 4 members (excludes halogenated alkanes) is 1. The zero-order valence-electron chi connectivity index (χ0n) is 11.3. The number of allylic oxidation sites excluding steroid dienone is 1. The van der Waals surface area contributed by atoms with Crippen molar-refractivity contribution in [2.75, 3.05) is 10.6 Å². The highest BCUT2D eigenvalue weighted by molar-refractivity contribution is 5.91. The van der Waals surface area contributed by atoms with Gasteiger partial charge in [-0.25, -0.2) is 0 Å². The number of nitriles is 2. The second kappa shape index (κ2) is 8.34. The lowest BCUT2D eigenvalue weighted by molar-refractivity contribution is -0.116. The van der Waals surface area contributed by atoms with Gasteiger partial charge in [0, 0.05) is 24.0 Å². The summed E-state index contributed by atoms with van der Waals surface area (Å²) in [6.45, 7) is 2.03. The number of hydrogen-bond acceptors (Lipinski definition) is 4. The molecule has 0 heterocycles. The van der Waals surface area contributed by atoms with Gasteiger partial charge in [-0.2, -0.15) is 10.5 Å². The van der Waals surface area contributed by atoms with Crippen molar-refractivity contribution < 1.29 is 4.79 Å². The molecule has 0 aliphatic carbocycles. The Morgan fingerprint density at radius 1 is 1.30 bits per heavy atom. The molecular formula is C15H16N4O. The number of nitrogens with one attached hydrogen (secondary N) is 2. The van der Waals surface area contributed by atoms with E-state index in [1.165, 1.54) is 6.20 Å². The van der Waals surface area contributed by atoms with Crippen molar-refractivity contribution in [3.8, 4) is 12.1 Å². The molecule has 0 spiro atoms. The van der Waals surface area contributed by atoms with Crippen molar-refractivity contribution in [1.82, 2.24) is 0 Å². The third-order valence-corrected chi connectivity index (χ3v) is 2.53. The Bertz CT molecular complexity index is 562. The molecule has 0 unspecified atom stereocenters. The minimum atomic E-state index is -0.0192. The average Bonchev–Trinajstić information content (AvgIpc) is 2.46. The van der Waals surface area contributed by atoms with E-state index in [4.69, 9.17) is 10.5 Å². The lowest BCUT2D eigenvalue weighted by atomic mass is 10.2. The summed E-state index contributed by atoms with van der Waals surface area (Å²) in [5.74, 6) is -0.0192. The Kier molecular flexibility index (Phi) is 6.36. The van der Waals surface area contributed by atoms with Gasteiger partial charge in [0.15, 0.2) is 0 Å². The van der Waals surface area contributed by atoms with E-state index in [0.29, 0.717) is 17.8 Å². The van der Waals surface area contributed by atoms with Crippen molar-refractivity contribution in [2.24, 2.45) is 0 Å². The molecular weight excluding hydrogens is 252 g/mol. The number of amides is 1. The smallest absolute Gasteiger partial charge is 0.224 e. The number of benzene rings is 1. The predicted octanol–water partition coefficient (Wildman–Crippen LogP) is 3.16. The SMILES string of the molecule is CCCCC(=O)Nc1cccc(NC=C(C#N)C#N)c1. The molecule has 0 radical (unpaired) electrons. The minimum absolute atomic E-state index is 0.0117. The number of rotatable bonds is 6. The van der Waals surface area contributed by atoms with Crippen molar-refractivity contribution in [2.45, 2.75) is 26.2 Å². The molecule has 1 aromatic carbocycles. The summed E-state index contributed by atoms with van der Waals surface area (Å²) in [5, 5.41) is 22.9. The van der Waals surface area contributed by atoms with Crippen LogP contribution in [0, 0.1) is 22.7 Å². The highest BCUT2D eigenvalue weighted by atomic mass is 16.1. The van der Waals surface area contributed by atoms with Crippen LogP contribution in [0.3, 0.4) is 0 Å². The number of carbonyl (C=O) groups is 1. The molecule has 102 valence electrons. The second-order valence-corrected chi connectivity index (χ2v) is 4.16. The number of carbonyl (C=O) groups excluding carboxylic acids is 1. The highest BCUT2D eigenvalue weighted by Gasteiger charge is 2.02. The maximum atomic E-state index is 11.6. The van der Waals surface area contributed by atoms with Gasteiger partial charge < -0.3 is 10.6 Å². The van der Waals surface area contributed by atoms with Crippen LogP contribution in [0.25, 0.3) is 0 Å². The Labute approximate surface area is 118 Å². The molecule has 0 aliphatic heterocycles. The van der Waals surface area contributed by atoms with Crippen LogP contribution in [0.4, 0.5) is 11.4 Å². The van der Waals surface area contributed by atoms with E-state index in [-0.39, 0.29) is 11.5 Å². The van der Waals surface area contributed by atoms with Gasteiger partial charge in [0.2, 0.25) is 5.91 Å². The second-order valence-electron chi connectivity index (χ2n) is 4.16. The number of nitrogens with zero attached hydrogens (tertiary/aromatic N) is 2. The van der Waals surface area contributed by atoms with Gasteiger partial charge in [0.25, 0.3) is 0 Å². The van der Waals surface area contributed by atoms with Crippen molar-refractivity contribution in [1.29, 1.82) is 10.5 Å². The third kappa shape index (κ3) is 5.24. The van der Waals surface area contributed by atoms with Crippen LogP contribution in [0.5, 0.6) is 0 Å². The van der Waals surface area contributed by atoms with E-state index < -0.39 is 0 Å². The molecule has 20 heavy (non-hydrogen) atoms. The summed E-state index contributed by atoms with van der Waals surface area (Å²) in [6, 6.07) is 10.6. The first kappa shape index (κ1) is 15.3. The Morgan fingerprint density at radius 3 is 2.65 bits per heavy atom. The minimum Gasteiger partial charge on any atom is -0.360 e. The summed E-state index contributed by atoms with van der Waals surface area (Å²) in [4.78, 5) is 11.6. The molecule has 2 N–H and O–H groups in total. The van der Waals surface area contributed by atoms with Crippen LogP contribution in [-0.4, -0.2) is 5.91 Å². The molecule has 0 fully saturated rings. The van der Waals surface area contributed by atoms with E-state index in [1.807, 2.05) is 6.92 Å². The fourth-order valence-electron chi connectivity index (χ4n) is 1.49. The Hall–Kier alpha value is -2.79. The normalized spacial score (nSPS) is 8.95. The maximum Gasteiger partial charge on any atom is 0.224 e. The Balaban J connectivity index is 2.67. The molecule has 0 bridgehead atoms. The van der Waals surface area contributed by atoms with Crippen molar-refractivity contribution >= 4 is 17.3 Å². The fraction of sp³-hybridized carbons (Fsp3) is 0.267. The molecule has 1 rings (SSSR count). The molecule has 0 atom stereocenters. The summed E-state index contributed by atoms with van der Waals surface area (Å²) in [6.07, 6.45) is 3.67. The fourth-order valence-corrected chi connectivity index (χ4v) is 1.49. The zero-order valence-corrected chi connectivity index (χ0v) is 11.3. The molecule has 0 saturated heterocycles. The summed E-state index contributed by atoms with van der Waals surface area (Å²) < 4.78 is 0. The van der Waals surface area contributed by atoms with Crippen LogP contribution >= 0.6 is 0 Å². The summed E-state index contributed by atoms with van der Waals surface area (Å²) >= 11 is 0. The first-order chi connectivity index (χ1) is 9.69. The van der Waals surface area contributed by atoms with Gasteiger partial charge >= 0.3 is 0 Å². The van der Waals surface area contributed by atoms with E-state index in [9.17, 15) is 4.79 Å². The molecule has 1 amide bonds. The average molecular weight is 268 g/mol. The van der Waals surface area contributed by atoms with Crippen LogP contribution in [0.2, 0.25) is 0 Å². The van der Waals surface area contributed by atoms with Crippen molar-refractivity contribution in [3.63, 3.8) is 0 Å². The quantitative estimate of drug-likeness (QED) is 0.775. The first-order valence-corrected chi connectivity index (χ1v) is 6.36. The topological polar surface area (TPSA) is 88.7 Å². The van der Waals surface area contributed by atoms with Crippen LogP contribution in [0.15, 0.2) is 36.0 Å². The summed E-state index contributed by atoms with van der Waals surface area (Å²) in [7, 11) is 0. The van der Waals surface area contributed by atoms with Gasteiger partial charge in [0.1, 0.15) is 17.7 Å². The van der Waals surface area contributed by atoms with Gasteiger partial charge in [-0.1, -0.05) is 19.4 Å². The Morgan fingerprint density at radius 2 is 2.00 bits per heavy atom.